The van der Waals surface area contributed by atoms with Crippen LogP contribution in [0.5, 0.6) is 11.5 Å². The monoisotopic (exact) mass is 438 g/mol. The molecule has 0 bridgehead atoms. The van der Waals surface area contributed by atoms with E-state index in [1.54, 1.807) is 18.2 Å². The number of hydrogen-bond donors (Lipinski definition) is 1. The standard InChI is InChI=1S/C20H23ClN2O5S/c1-27-16-7-10-19(28-2)18(12-16)22-20(24)14-4-3-11-23(13-14)29(25,26)17-8-5-15(21)6-9-17/h5-10,12,14H,3-4,11,13H2,1-2H3,(H,22,24)/t14-/m1/s1. The number of ether oxygens (including phenoxy) is 2. The van der Waals surface area contributed by atoms with E-state index in [1.807, 2.05) is 0 Å². The lowest BCUT2D eigenvalue weighted by atomic mass is 9.98. The number of sulfonamides is 1. The quantitative estimate of drug-likeness (QED) is 0.747. The van der Waals surface area contributed by atoms with Crippen molar-refractivity contribution >= 4 is 33.2 Å². The van der Waals surface area contributed by atoms with E-state index in [2.05, 4.69) is 5.32 Å². The molecule has 1 atom stereocenters. The first-order chi connectivity index (χ1) is 13.8. The first-order valence-electron chi connectivity index (χ1n) is 9.13. The number of hydrogen-bond acceptors (Lipinski definition) is 5. The Labute approximate surface area is 175 Å². The molecule has 0 aromatic heterocycles. The van der Waals surface area contributed by atoms with Crippen molar-refractivity contribution < 1.29 is 22.7 Å². The molecule has 7 nitrogen and oxygen atoms in total. The Bertz CT molecular complexity index is 979. The third-order valence-corrected chi connectivity index (χ3v) is 7.00. The zero-order chi connectivity index (χ0) is 21.0. The number of halogens is 1. The van der Waals surface area contributed by atoms with Gasteiger partial charge in [-0.25, -0.2) is 8.42 Å². The van der Waals surface area contributed by atoms with Gasteiger partial charge in [0, 0.05) is 24.2 Å². The Morgan fingerprint density at radius 1 is 1.14 bits per heavy atom. The molecule has 1 amide bonds. The third kappa shape index (κ3) is 4.83. The number of amides is 1. The highest BCUT2D eigenvalue weighted by Gasteiger charge is 2.33. The average Bonchev–Trinajstić information content (AvgIpc) is 2.74. The molecule has 1 aliphatic rings. The molecule has 1 fully saturated rings. The van der Waals surface area contributed by atoms with Crippen LogP contribution >= 0.6 is 11.6 Å². The summed E-state index contributed by atoms with van der Waals surface area (Å²) in [5, 5.41) is 3.31. The summed E-state index contributed by atoms with van der Waals surface area (Å²) in [4.78, 5) is 13.0. The fraction of sp³-hybridized carbons (Fsp3) is 0.350. The van der Waals surface area contributed by atoms with Gasteiger partial charge < -0.3 is 14.8 Å². The number of methoxy groups -OCH3 is 2. The molecule has 0 spiro atoms. The summed E-state index contributed by atoms with van der Waals surface area (Å²) in [6.07, 6.45) is 1.20. The molecule has 2 aromatic rings. The summed E-state index contributed by atoms with van der Waals surface area (Å²) >= 11 is 5.86. The number of nitrogens with one attached hydrogen (secondary N) is 1. The van der Waals surface area contributed by atoms with Crippen LogP contribution in [0.3, 0.4) is 0 Å². The highest BCUT2D eigenvalue weighted by atomic mass is 35.5. The smallest absolute Gasteiger partial charge is 0.243 e. The number of piperidine rings is 1. The second-order valence-corrected chi connectivity index (χ2v) is 9.09. The highest BCUT2D eigenvalue weighted by Crippen LogP contribution is 2.31. The van der Waals surface area contributed by atoms with Crippen LogP contribution in [0.2, 0.25) is 5.02 Å². The second-order valence-electron chi connectivity index (χ2n) is 6.71. The topological polar surface area (TPSA) is 84.9 Å². The zero-order valence-corrected chi connectivity index (χ0v) is 17.8. The summed E-state index contributed by atoms with van der Waals surface area (Å²) in [6.45, 7) is 0.486. The van der Waals surface area contributed by atoms with Gasteiger partial charge in [0.1, 0.15) is 11.5 Å². The number of rotatable bonds is 6. The van der Waals surface area contributed by atoms with Gasteiger partial charge in [0.05, 0.1) is 30.7 Å². The summed E-state index contributed by atoms with van der Waals surface area (Å²) in [6, 6.07) is 11.1. The fourth-order valence-corrected chi connectivity index (χ4v) is 4.93. The van der Waals surface area contributed by atoms with Crippen LogP contribution in [-0.2, 0) is 14.8 Å². The van der Waals surface area contributed by atoms with Crippen molar-refractivity contribution in [2.24, 2.45) is 5.92 Å². The molecule has 9 heteroatoms. The Balaban J connectivity index is 1.75. The molecule has 29 heavy (non-hydrogen) atoms. The van der Waals surface area contributed by atoms with Gasteiger partial charge >= 0.3 is 0 Å². The Morgan fingerprint density at radius 2 is 1.86 bits per heavy atom. The first kappa shape index (κ1) is 21.4. The van der Waals surface area contributed by atoms with Crippen molar-refractivity contribution in [1.29, 1.82) is 0 Å². The second kappa shape index (κ2) is 9.02. The van der Waals surface area contributed by atoms with Crippen LogP contribution < -0.4 is 14.8 Å². The minimum Gasteiger partial charge on any atom is -0.497 e. The van der Waals surface area contributed by atoms with Crippen molar-refractivity contribution in [3.8, 4) is 11.5 Å². The fourth-order valence-electron chi connectivity index (χ4n) is 3.28. The summed E-state index contributed by atoms with van der Waals surface area (Å²) < 4.78 is 37.7. The molecule has 0 radical (unpaired) electrons. The van der Waals surface area contributed by atoms with Gasteiger partial charge in [-0.3, -0.25) is 4.79 Å². The number of nitrogens with zero attached hydrogens (tertiary/aromatic N) is 1. The van der Waals surface area contributed by atoms with Crippen molar-refractivity contribution in [2.45, 2.75) is 17.7 Å². The molecule has 0 aliphatic carbocycles. The van der Waals surface area contributed by atoms with E-state index >= 15 is 0 Å². The summed E-state index contributed by atoms with van der Waals surface area (Å²) in [5.41, 5.74) is 0.481. The molecular weight excluding hydrogens is 416 g/mol. The maximum Gasteiger partial charge on any atom is 0.243 e. The number of carbonyl (C=O) groups excluding carboxylic acids is 1. The van der Waals surface area contributed by atoms with Gasteiger partial charge in [-0.15, -0.1) is 0 Å². The minimum atomic E-state index is -3.69. The van der Waals surface area contributed by atoms with E-state index in [4.69, 9.17) is 21.1 Å². The van der Waals surface area contributed by atoms with Crippen LogP contribution in [0, 0.1) is 5.92 Å². The van der Waals surface area contributed by atoms with E-state index in [0.29, 0.717) is 41.6 Å². The van der Waals surface area contributed by atoms with E-state index < -0.39 is 15.9 Å². The van der Waals surface area contributed by atoms with E-state index in [9.17, 15) is 13.2 Å². The Morgan fingerprint density at radius 3 is 2.52 bits per heavy atom. The van der Waals surface area contributed by atoms with Crippen LogP contribution in [0.1, 0.15) is 12.8 Å². The van der Waals surface area contributed by atoms with Crippen molar-refractivity contribution in [2.75, 3.05) is 32.6 Å². The van der Waals surface area contributed by atoms with Crippen LogP contribution in [0.25, 0.3) is 0 Å². The van der Waals surface area contributed by atoms with E-state index in [0.717, 1.165) is 0 Å². The lowest BCUT2D eigenvalue weighted by molar-refractivity contribution is -0.120. The SMILES string of the molecule is COc1ccc(OC)c(NC(=O)[C@@H]2CCCN(S(=O)(=O)c3ccc(Cl)cc3)C2)c1. The molecule has 0 saturated carbocycles. The molecule has 0 unspecified atom stereocenters. The van der Waals surface area contributed by atoms with E-state index in [1.165, 1.54) is 42.8 Å². The van der Waals surface area contributed by atoms with Crippen LogP contribution in [-0.4, -0.2) is 45.9 Å². The largest absolute Gasteiger partial charge is 0.497 e. The molecule has 156 valence electrons. The number of anilines is 1. The molecule has 2 aromatic carbocycles. The minimum absolute atomic E-state index is 0.114. The van der Waals surface area contributed by atoms with Gasteiger partial charge in [0.15, 0.2) is 0 Å². The predicted molar refractivity (Wildman–Crippen MR) is 111 cm³/mol. The van der Waals surface area contributed by atoms with Gasteiger partial charge in [-0.2, -0.15) is 4.31 Å². The third-order valence-electron chi connectivity index (χ3n) is 4.87. The van der Waals surface area contributed by atoms with Gasteiger partial charge in [0.25, 0.3) is 0 Å². The molecule has 3 rings (SSSR count). The van der Waals surface area contributed by atoms with Gasteiger partial charge in [-0.1, -0.05) is 11.6 Å². The molecule has 1 saturated heterocycles. The summed E-state index contributed by atoms with van der Waals surface area (Å²) in [7, 11) is -0.643. The highest BCUT2D eigenvalue weighted by molar-refractivity contribution is 7.89. The van der Waals surface area contributed by atoms with Crippen molar-refractivity contribution in [3.63, 3.8) is 0 Å². The van der Waals surface area contributed by atoms with Crippen molar-refractivity contribution in [3.05, 3.63) is 47.5 Å². The van der Waals surface area contributed by atoms with Gasteiger partial charge in [0.2, 0.25) is 15.9 Å². The van der Waals surface area contributed by atoms with Gasteiger partial charge in [-0.05, 0) is 49.2 Å². The lowest BCUT2D eigenvalue weighted by Crippen LogP contribution is -2.43. The van der Waals surface area contributed by atoms with Crippen molar-refractivity contribution in [1.82, 2.24) is 4.31 Å². The molecule has 1 N–H and O–H groups in total. The summed E-state index contributed by atoms with van der Waals surface area (Å²) in [5.74, 6) is 0.353. The lowest BCUT2D eigenvalue weighted by Gasteiger charge is -2.31. The number of benzene rings is 2. The normalized spacial score (nSPS) is 17.6. The first-order valence-corrected chi connectivity index (χ1v) is 11.0. The maximum atomic E-state index is 12.9. The van der Waals surface area contributed by atoms with Crippen LogP contribution in [0.4, 0.5) is 5.69 Å². The number of carbonyl (C=O) groups is 1. The molecular formula is C20H23ClN2O5S. The average molecular weight is 439 g/mol. The Kier molecular flexibility index (Phi) is 6.66. The Hall–Kier alpha value is -2.29. The van der Waals surface area contributed by atoms with E-state index in [-0.39, 0.29) is 17.3 Å². The molecule has 1 heterocycles. The zero-order valence-electron chi connectivity index (χ0n) is 16.2. The van der Waals surface area contributed by atoms with Crippen LogP contribution in [0.15, 0.2) is 47.4 Å². The maximum absolute atomic E-state index is 12.9. The predicted octanol–water partition coefficient (Wildman–Crippen LogP) is 3.40. The molecule has 1 aliphatic heterocycles.